The Hall–Kier alpha value is -1.88. The zero-order chi connectivity index (χ0) is 16.2. The molecule has 0 bridgehead atoms. The van der Waals surface area contributed by atoms with E-state index in [1.54, 1.807) is 0 Å². The van der Waals surface area contributed by atoms with Crippen molar-refractivity contribution in [3.05, 3.63) is 35.9 Å². The van der Waals surface area contributed by atoms with Crippen LogP contribution in [0.25, 0.3) is 0 Å². The van der Waals surface area contributed by atoms with Gasteiger partial charge in [0, 0.05) is 37.8 Å². The first-order chi connectivity index (χ1) is 11.2. The molecule has 1 aliphatic carbocycles. The van der Waals surface area contributed by atoms with Crippen molar-refractivity contribution in [2.45, 2.75) is 31.7 Å². The topological polar surface area (TPSA) is 60.9 Å². The Morgan fingerprint density at radius 1 is 0.957 bits per heavy atom. The number of aliphatic carboxylic acids is 1. The second-order valence-electron chi connectivity index (χ2n) is 6.49. The molecule has 5 nitrogen and oxygen atoms in total. The Kier molecular flexibility index (Phi) is 4.96. The lowest BCUT2D eigenvalue weighted by molar-refractivity contribution is -0.146. The number of amides is 1. The first kappa shape index (κ1) is 16.0. The van der Waals surface area contributed by atoms with Gasteiger partial charge in [0.2, 0.25) is 0 Å². The largest absolute Gasteiger partial charge is 0.481 e. The van der Waals surface area contributed by atoms with Gasteiger partial charge in [-0.15, -0.1) is 0 Å². The molecule has 3 rings (SSSR count). The van der Waals surface area contributed by atoms with Gasteiger partial charge in [-0.25, -0.2) is 0 Å². The summed E-state index contributed by atoms with van der Waals surface area (Å²) >= 11 is 0. The third kappa shape index (κ3) is 3.55. The molecule has 1 amide bonds. The van der Waals surface area contributed by atoms with Gasteiger partial charge < -0.3 is 10.0 Å². The van der Waals surface area contributed by atoms with Crippen molar-refractivity contribution >= 4 is 11.9 Å². The normalized spacial score (nSPS) is 26.0. The van der Waals surface area contributed by atoms with Crippen LogP contribution in [0.15, 0.2) is 30.3 Å². The monoisotopic (exact) mass is 316 g/mol. The molecule has 1 saturated heterocycles. The molecule has 1 heterocycles. The third-order valence-corrected chi connectivity index (χ3v) is 5.14. The van der Waals surface area contributed by atoms with Crippen molar-refractivity contribution in [3.8, 4) is 0 Å². The van der Waals surface area contributed by atoms with Gasteiger partial charge in [0.05, 0.1) is 5.92 Å². The van der Waals surface area contributed by atoms with Crippen LogP contribution in [-0.2, 0) is 4.79 Å². The van der Waals surface area contributed by atoms with Crippen molar-refractivity contribution in [3.63, 3.8) is 0 Å². The van der Waals surface area contributed by atoms with Crippen molar-refractivity contribution < 1.29 is 14.7 Å². The van der Waals surface area contributed by atoms with E-state index in [0.29, 0.717) is 13.1 Å². The second-order valence-corrected chi connectivity index (χ2v) is 6.49. The van der Waals surface area contributed by atoms with Gasteiger partial charge >= 0.3 is 5.97 Å². The summed E-state index contributed by atoms with van der Waals surface area (Å²) in [6, 6.07) is 9.48. The van der Waals surface area contributed by atoms with E-state index in [2.05, 4.69) is 4.90 Å². The van der Waals surface area contributed by atoms with Gasteiger partial charge in [-0.1, -0.05) is 31.0 Å². The summed E-state index contributed by atoms with van der Waals surface area (Å²) < 4.78 is 0. The SMILES string of the molecule is O=C(O)C1CCCC[C@H]1N1CCN(C(=O)c2ccccc2)CC1. The number of piperazine rings is 1. The van der Waals surface area contributed by atoms with E-state index in [4.69, 9.17) is 0 Å². The Morgan fingerprint density at radius 2 is 1.61 bits per heavy atom. The minimum Gasteiger partial charge on any atom is -0.481 e. The van der Waals surface area contributed by atoms with Crippen LogP contribution in [0.3, 0.4) is 0 Å². The van der Waals surface area contributed by atoms with E-state index in [1.165, 1.54) is 0 Å². The fourth-order valence-electron chi connectivity index (χ4n) is 3.86. The number of carbonyl (C=O) groups is 2. The molecule has 1 unspecified atom stereocenters. The molecule has 5 heteroatoms. The predicted molar refractivity (Wildman–Crippen MR) is 87.3 cm³/mol. The first-order valence-electron chi connectivity index (χ1n) is 8.48. The third-order valence-electron chi connectivity index (χ3n) is 5.14. The fraction of sp³-hybridized carbons (Fsp3) is 0.556. The number of benzene rings is 1. The fourth-order valence-corrected chi connectivity index (χ4v) is 3.86. The van der Waals surface area contributed by atoms with Gasteiger partial charge in [0.15, 0.2) is 0 Å². The maximum atomic E-state index is 12.5. The number of hydrogen-bond donors (Lipinski definition) is 1. The molecule has 0 radical (unpaired) electrons. The number of carboxylic acid groups (broad SMARTS) is 1. The molecule has 0 aromatic heterocycles. The number of hydrogen-bond acceptors (Lipinski definition) is 3. The number of carbonyl (C=O) groups excluding carboxylic acids is 1. The average Bonchev–Trinajstić information content (AvgIpc) is 2.62. The number of nitrogens with zero attached hydrogens (tertiary/aromatic N) is 2. The molecule has 0 spiro atoms. The van der Waals surface area contributed by atoms with Crippen LogP contribution in [0.2, 0.25) is 0 Å². The van der Waals surface area contributed by atoms with Crippen LogP contribution in [0.5, 0.6) is 0 Å². The highest BCUT2D eigenvalue weighted by atomic mass is 16.4. The maximum absolute atomic E-state index is 12.5. The Morgan fingerprint density at radius 3 is 2.26 bits per heavy atom. The highest BCUT2D eigenvalue weighted by molar-refractivity contribution is 5.94. The molecular weight excluding hydrogens is 292 g/mol. The van der Waals surface area contributed by atoms with Gasteiger partial charge in [-0.2, -0.15) is 0 Å². The highest BCUT2D eigenvalue weighted by Gasteiger charge is 2.36. The molecule has 2 aliphatic rings. The summed E-state index contributed by atoms with van der Waals surface area (Å²) in [4.78, 5) is 28.1. The first-order valence-corrected chi connectivity index (χ1v) is 8.48. The summed E-state index contributed by atoms with van der Waals surface area (Å²) in [7, 11) is 0. The van der Waals surface area contributed by atoms with Gasteiger partial charge in [0.25, 0.3) is 5.91 Å². The van der Waals surface area contributed by atoms with Crippen molar-refractivity contribution in [2.75, 3.05) is 26.2 Å². The molecule has 1 aromatic carbocycles. The molecule has 2 atom stereocenters. The highest BCUT2D eigenvalue weighted by Crippen LogP contribution is 2.29. The molecular formula is C18H24N2O3. The van der Waals surface area contributed by atoms with E-state index < -0.39 is 5.97 Å². The quantitative estimate of drug-likeness (QED) is 0.927. The zero-order valence-electron chi connectivity index (χ0n) is 13.4. The maximum Gasteiger partial charge on any atom is 0.308 e. The molecule has 1 saturated carbocycles. The Bertz CT molecular complexity index is 553. The summed E-state index contributed by atoms with van der Waals surface area (Å²) in [5.41, 5.74) is 0.724. The Balaban J connectivity index is 1.59. The molecule has 1 aliphatic heterocycles. The molecule has 1 N–H and O–H groups in total. The average molecular weight is 316 g/mol. The predicted octanol–water partition coefficient (Wildman–Crippen LogP) is 2.09. The van der Waals surface area contributed by atoms with Crippen LogP contribution in [0.1, 0.15) is 36.0 Å². The van der Waals surface area contributed by atoms with Crippen molar-refractivity contribution in [2.24, 2.45) is 5.92 Å². The van der Waals surface area contributed by atoms with Gasteiger partial charge in [-0.3, -0.25) is 14.5 Å². The molecule has 2 fully saturated rings. The lowest BCUT2D eigenvalue weighted by Crippen LogP contribution is -2.55. The summed E-state index contributed by atoms with van der Waals surface area (Å²) in [6.45, 7) is 2.90. The van der Waals surface area contributed by atoms with Crippen LogP contribution >= 0.6 is 0 Å². The minimum absolute atomic E-state index is 0.0729. The second kappa shape index (κ2) is 7.13. The van der Waals surface area contributed by atoms with E-state index in [9.17, 15) is 14.7 Å². The standard InChI is InChI=1S/C18H24N2O3/c21-17(14-6-2-1-3-7-14)20-12-10-19(11-13-20)16-9-5-4-8-15(16)18(22)23/h1-3,6-7,15-16H,4-5,8-13H2,(H,22,23)/t15?,16-/m1/s1. The minimum atomic E-state index is -0.669. The van der Waals surface area contributed by atoms with Crippen LogP contribution < -0.4 is 0 Å². The van der Waals surface area contributed by atoms with Gasteiger partial charge in [0.1, 0.15) is 0 Å². The summed E-state index contributed by atoms with van der Waals surface area (Å²) in [6.07, 6.45) is 3.87. The molecule has 1 aromatic rings. The number of rotatable bonds is 3. The van der Waals surface area contributed by atoms with E-state index in [-0.39, 0.29) is 17.9 Å². The van der Waals surface area contributed by atoms with Crippen LogP contribution in [0.4, 0.5) is 0 Å². The summed E-state index contributed by atoms with van der Waals surface area (Å²) in [5, 5.41) is 9.44. The van der Waals surface area contributed by atoms with Crippen LogP contribution in [-0.4, -0.2) is 59.0 Å². The lowest BCUT2D eigenvalue weighted by atomic mass is 9.83. The smallest absolute Gasteiger partial charge is 0.308 e. The lowest BCUT2D eigenvalue weighted by Gasteiger charge is -2.43. The summed E-state index contributed by atoms with van der Waals surface area (Å²) in [5.74, 6) is -0.846. The number of carboxylic acids is 1. The zero-order valence-corrected chi connectivity index (χ0v) is 13.4. The van der Waals surface area contributed by atoms with E-state index in [0.717, 1.165) is 44.3 Å². The van der Waals surface area contributed by atoms with Crippen molar-refractivity contribution in [1.82, 2.24) is 9.80 Å². The van der Waals surface area contributed by atoms with E-state index in [1.807, 2.05) is 35.2 Å². The van der Waals surface area contributed by atoms with Gasteiger partial charge in [-0.05, 0) is 25.0 Å². The van der Waals surface area contributed by atoms with Crippen molar-refractivity contribution in [1.29, 1.82) is 0 Å². The van der Waals surface area contributed by atoms with Crippen LogP contribution in [0, 0.1) is 5.92 Å². The Labute approximate surface area is 136 Å². The molecule has 23 heavy (non-hydrogen) atoms. The van der Waals surface area contributed by atoms with E-state index >= 15 is 0 Å². The molecule has 124 valence electrons.